The number of hydrogen-bond donors (Lipinski definition) is 0. The van der Waals surface area contributed by atoms with E-state index in [4.69, 9.17) is 21.2 Å². The first-order chi connectivity index (χ1) is 13.3. The summed E-state index contributed by atoms with van der Waals surface area (Å²) in [5.41, 5.74) is 0.172. The maximum absolute atomic E-state index is 12.6. The molecule has 1 heterocycles. The zero-order valence-electron chi connectivity index (χ0n) is 15.2. The average molecular weight is 412 g/mol. The van der Waals surface area contributed by atoms with E-state index in [2.05, 4.69) is 6.58 Å². The van der Waals surface area contributed by atoms with Gasteiger partial charge < -0.3 is 9.57 Å². The summed E-state index contributed by atoms with van der Waals surface area (Å²) >= 11 is 5.89. The SMILES string of the molecule is C=C(ON1CCCC(COc2ccc(C(F)(F)F)cc2)C1)c1ccc(Cl)cc1. The number of piperidine rings is 1. The van der Waals surface area contributed by atoms with Crippen molar-refractivity contribution in [2.75, 3.05) is 19.7 Å². The molecule has 0 bridgehead atoms. The van der Waals surface area contributed by atoms with Gasteiger partial charge in [0.1, 0.15) is 11.5 Å². The lowest BCUT2D eigenvalue weighted by molar-refractivity contribution is -0.137. The fraction of sp³-hybridized carbons (Fsp3) is 0.333. The Morgan fingerprint density at radius 3 is 2.43 bits per heavy atom. The Bertz CT molecular complexity index is 791. The lowest BCUT2D eigenvalue weighted by atomic mass is 10.0. The van der Waals surface area contributed by atoms with Crippen molar-refractivity contribution in [3.63, 3.8) is 0 Å². The quantitative estimate of drug-likeness (QED) is 0.540. The van der Waals surface area contributed by atoms with Gasteiger partial charge >= 0.3 is 6.18 Å². The molecule has 0 saturated carbocycles. The molecule has 1 fully saturated rings. The zero-order valence-corrected chi connectivity index (χ0v) is 16.0. The summed E-state index contributed by atoms with van der Waals surface area (Å²) in [5, 5.41) is 2.50. The molecule has 0 spiro atoms. The van der Waals surface area contributed by atoms with Crippen LogP contribution < -0.4 is 4.74 Å². The van der Waals surface area contributed by atoms with Crippen LogP contribution in [0.5, 0.6) is 5.75 Å². The predicted octanol–water partition coefficient (Wildman–Crippen LogP) is 6.05. The van der Waals surface area contributed by atoms with E-state index in [0.717, 1.165) is 37.1 Å². The highest BCUT2D eigenvalue weighted by Crippen LogP contribution is 2.30. The van der Waals surface area contributed by atoms with Gasteiger partial charge in [0.15, 0.2) is 0 Å². The maximum atomic E-state index is 12.6. The van der Waals surface area contributed by atoms with E-state index in [-0.39, 0.29) is 5.92 Å². The number of benzene rings is 2. The van der Waals surface area contributed by atoms with Gasteiger partial charge in [-0.05, 0) is 61.4 Å². The summed E-state index contributed by atoms with van der Waals surface area (Å²) in [5.74, 6) is 1.19. The molecule has 0 radical (unpaired) electrons. The van der Waals surface area contributed by atoms with Crippen LogP contribution in [-0.4, -0.2) is 24.8 Å². The van der Waals surface area contributed by atoms with Gasteiger partial charge in [-0.1, -0.05) is 18.2 Å². The second kappa shape index (κ2) is 8.88. The van der Waals surface area contributed by atoms with Crippen molar-refractivity contribution in [2.24, 2.45) is 5.92 Å². The molecule has 1 atom stereocenters. The van der Waals surface area contributed by atoms with Gasteiger partial charge in [-0.25, -0.2) is 0 Å². The number of alkyl halides is 3. The van der Waals surface area contributed by atoms with Crippen LogP contribution in [0, 0.1) is 5.92 Å². The maximum Gasteiger partial charge on any atom is 0.416 e. The fourth-order valence-corrected chi connectivity index (χ4v) is 3.17. The summed E-state index contributed by atoms with van der Waals surface area (Å²) in [6.45, 7) is 5.82. The molecule has 3 rings (SSSR count). The van der Waals surface area contributed by atoms with Crippen molar-refractivity contribution in [3.8, 4) is 5.75 Å². The first-order valence-corrected chi connectivity index (χ1v) is 9.37. The van der Waals surface area contributed by atoms with Gasteiger partial charge in [0.25, 0.3) is 0 Å². The van der Waals surface area contributed by atoms with Gasteiger partial charge in [-0.3, -0.25) is 0 Å². The lowest BCUT2D eigenvalue weighted by Gasteiger charge is -2.32. The Morgan fingerprint density at radius 2 is 1.79 bits per heavy atom. The first-order valence-electron chi connectivity index (χ1n) is 8.99. The van der Waals surface area contributed by atoms with Crippen LogP contribution in [0.15, 0.2) is 55.1 Å². The highest BCUT2D eigenvalue weighted by atomic mass is 35.5. The molecular weight excluding hydrogens is 391 g/mol. The second-order valence-corrected chi connectivity index (χ2v) is 7.19. The van der Waals surface area contributed by atoms with Crippen molar-refractivity contribution in [1.29, 1.82) is 0 Å². The minimum atomic E-state index is -4.34. The first kappa shape index (κ1) is 20.6. The Kier molecular flexibility index (Phi) is 6.52. The van der Waals surface area contributed by atoms with Gasteiger partial charge in [-0.2, -0.15) is 13.2 Å². The van der Waals surface area contributed by atoms with Gasteiger partial charge in [0, 0.05) is 29.6 Å². The van der Waals surface area contributed by atoms with E-state index in [1.165, 1.54) is 12.1 Å². The van der Waals surface area contributed by atoms with Gasteiger partial charge in [-0.15, -0.1) is 5.06 Å². The van der Waals surface area contributed by atoms with Crippen LogP contribution in [0.1, 0.15) is 24.0 Å². The highest BCUT2D eigenvalue weighted by Gasteiger charge is 2.30. The molecule has 1 aliphatic heterocycles. The summed E-state index contributed by atoms with van der Waals surface area (Å²) < 4.78 is 43.5. The largest absolute Gasteiger partial charge is 0.493 e. The molecule has 1 aliphatic rings. The molecule has 0 amide bonds. The van der Waals surface area contributed by atoms with E-state index in [1.54, 1.807) is 12.1 Å². The Hall–Kier alpha value is -2.18. The molecular formula is C21H21ClF3NO2. The molecule has 0 N–H and O–H groups in total. The van der Waals surface area contributed by atoms with Crippen LogP contribution >= 0.6 is 11.6 Å². The Morgan fingerprint density at radius 1 is 1.11 bits per heavy atom. The van der Waals surface area contributed by atoms with Gasteiger partial charge in [0.05, 0.1) is 12.2 Å². The van der Waals surface area contributed by atoms with Crippen molar-refractivity contribution in [1.82, 2.24) is 5.06 Å². The van der Waals surface area contributed by atoms with Crippen LogP contribution in [0.4, 0.5) is 13.2 Å². The van der Waals surface area contributed by atoms with Crippen LogP contribution in [-0.2, 0) is 11.0 Å². The summed E-state index contributed by atoms with van der Waals surface area (Å²) in [6.07, 6.45) is -2.44. The number of ether oxygens (including phenoxy) is 1. The molecule has 3 nitrogen and oxygen atoms in total. The smallest absolute Gasteiger partial charge is 0.416 e. The second-order valence-electron chi connectivity index (χ2n) is 6.75. The topological polar surface area (TPSA) is 21.7 Å². The van der Waals surface area contributed by atoms with Crippen molar-refractivity contribution < 1.29 is 22.7 Å². The standard InChI is InChI=1S/C21H21ClF3NO2/c1-15(17-4-8-19(22)9-5-17)28-26-12-2-3-16(13-26)14-27-20-10-6-18(7-11-20)21(23,24)25/h4-11,16H,1-3,12-14H2. The lowest BCUT2D eigenvalue weighted by Crippen LogP contribution is -2.37. The van der Waals surface area contributed by atoms with E-state index >= 15 is 0 Å². The molecule has 1 saturated heterocycles. The summed E-state index contributed by atoms with van der Waals surface area (Å²) in [4.78, 5) is 5.87. The number of nitrogens with zero attached hydrogens (tertiary/aromatic N) is 1. The normalized spacial score (nSPS) is 17.9. The Labute approximate surface area is 167 Å². The van der Waals surface area contributed by atoms with E-state index in [0.29, 0.717) is 29.7 Å². The molecule has 150 valence electrons. The highest BCUT2D eigenvalue weighted by molar-refractivity contribution is 6.30. The van der Waals surface area contributed by atoms with Crippen molar-refractivity contribution >= 4 is 17.4 Å². The number of hydroxylamine groups is 2. The molecule has 0 aromatic heterocycles. The molecule has 1 unspecified atom stereocenters. The molecule has 7 heteroatoms. The monoisotopic (exact) mass is 411 g/mol. The fourth-order valence-electron chi connectivity index (χ4n) is 3.04. The molecule has 0 aliphatic carbocycles. The van der Waals surface area contributed by atoms with Gasteiger partial charge in [0.2, 0.25) is 0 Å². The van der Waals surface area contributed by atoms with E-state index in [1.807, 2.05) is 17.2 Å². The third kappa shape index (κ3) is 5.66. The van der Waals surface area contributed by atoms with E-state index < -0.39 is 11.7 Å². The number of hydrogen-bond acceptors (Lipinski definition) is 3. The van der Waals surface area contributed by atoms with Crippen LogP contribution in [0.25, 0.3) is 5.76 Å². The Balaban J connectivity index is 1.49. The van der Waals surface area contributed by atoms with Crippen molar-refractivity contribution in [2.45, 2.75) is 19.0 Å². The predicted molar refractivity (Wildman–Crippen MR) is 103 cm³/mol. The average Bonchev–Trinajstić information content (AvgIpc) is 2.67. The van der Waals surface area contributed by atoms with E-state index in [9.17, 15) is 13.2 Å². The van der Waals surface area contributed by atoms with Crippen molar-refractivity contribution in [3.05, 3.63) is 71.3 Å². The zero-order chi connectivity index (χ0) is 20.1. The molecule has 28 heavy (non-hydrogen) atoms. The minimum absolute atomic E-state index is 0.217. The number of rotatable bonds is 6. The molecule has 2 aromatic rings. The third-order valence-corrected chi connectivity index (χ3v) is 4.81. The minimum Gasteiger partial charge on any atom is -0.493 e. The van der Waals surface area contributed by atoms with Crippen LogP contribution in [0.2, 0.25) is 5.02 Å². The summed E-state index contributed by atoms with van der Waals surface area (Å²) in [6, 6.07) is 12.0. The third-order valence-electron chi connectivity index (χ3n) is 4.55. The molecule has 2 aromatic carbocycles. The summed E-state index contributed by atoms with van der Waals surface area (Å²) in [7, 11) is 0. The number of halogens is 4. The van der Waals surface area contributed by atoms with Crippen LogP contribution in [0.3, 0.4) is 0 Å².